The Morgan fingerprint density at radius 3 is 2.31 bits per heavy atom. The topological polar surface area (TPSA) is 17.0 Å². The highest BCUT2D eigenvalue weighted by Gasteiger charge is 2.23. The number of benzene rings is 3. The molecule has 2 heterocycles. The summed E-state index contributed by atoms with van der Waals surface area (Å²) >= 11 is 0. The molecule has 3 aromatic carbocycles. The molecule has 0 saturated carbocycles. The predicted octanol–water partition coefficient (Wildman–Crippen LogP) is 6.50. The Bertz CT molecular complexity index is 1490. The number of furan rings is 1. The zero-order chi connectivity index (χ0) is 22.6. The van der Waals surface area contributed by atoms with Gasteiger partial charge in [0.15, 0.2) is 6.20 Å². The third-order valence-corrected chi connectivity index (χ3v) is 5.42. The van der Waals surface area contributed by atoms with E-state index < -0.39 is 6.85 Å². The van der Waals surface area contributed by atoms with Crippen molar-refractivity contribution in [3.8, 4) is 22.4 Å². The SMILES string of the molecule is [2H]C([2H])([2H])c1ccc(-c2c(C)ccc3c2oc2c(-c4ccccc4)c(F)ccc23)[n+](C)c1. The van der Waals surface area contributed by atoms with Crippen LogP contribution >= 0.6 is 0 Å². The molecule has 5 aromatic rings. The van der Waals surface area contributed by atoms with Gasteiger partial charge in [-0.3, -0.25) is 0 Å². The summed E-state index contributed by atoms with van der Waals surface area (Å²) in [5.74, 6) is -0.339. The molecule has 0 N–H and O–H groups in total. The third kappa shape index (κ3) is 2.73. The number of nitrogens with zero attached hydrogens (tertiary/aromatic N) is 1. The van der Waals surface area contributed by atoms with Gasteiger partial charge in [0.2, 0.25) is 5.69 Å². The van der Waals surface area contributed by atoms with E-state index in [1.165, 1.54) is 6.07 Å². The van der Waals surface area contributed by atoms with E-state index in [9.17, 15) is 4.39 Å². The van der Waals surface area contributed by atoms with Crippen LogP contribution < -0.4 is 4.57 Å². The number of aryl methyl sites for hydroxylation is 3. The first-order valence-electron chi connectivity index (χ1n) is 11.0. The monoisotopic (exact) mass is 385 g/mol. The normalized spacial score (nSPS) is 13.4. The van der Waals surface area contributed by atoms with Gasteiger partial charge < -0.3 is 4.42 Å². The summed E-state index contributed by atoms with van der Waals surface area (Å²) in [7, 11) is 1.82. The smallest absolute Gasteiger partial charge is 0.216 e. The van der Waals surface area contributed by atoms with E-state index in [0.717, 1.165) is 33.2 Å². The second-order valence-corrected chi connectivity index (χ2v) is 7.32. The molecular weight excluding hydrogens is 361 g/mol. The van der Waals surface area contributed by atoms with Gasteiger partial charge in [0.25, 0.3) is 0 Å². The summed E-state index contributed by atoms with van der Waals surface area (Å²) in [5, 5.41) is 1.72. The highest BCUT2D eigenvalue weighted by Crippen LogP contribution is 2.41. The molecule has 0 radical (unpaired) electrons. The van der Waals surface area contributed by atoms with Crippen molar-refractivity contribution in [2.45, 2.75) is 13.8 Å². The molecule has 3 heteroatoms. The summed E-state index contributed by atoms with van der Waals surface area (Å²) in [6, 6.07) is 20.0. The first kappa shape index (κ1) is 14.5. The number of rotatable bonds is 2. The number of halogens is 1. The van der Waals surface area contributed by atoms with Crippen LogP contribution in [-0.4, -0.2) is 0 Å². The highest BCUT2D eigenvalue weighted by molar-refractivity contribution is 6.13. The Morgan fingerprint density at radius 2 is 1.59 bits per heavy atom. The van der Waals surface area contributed by atoms with E-state index >= 15 is 0 Å². The van der Waals surface area contributed by atoms with Gasteiger partial charge in [-0.05, 0) is 43.1 Å². The Morgan fingerprint density at radius 1 is 0.862 bits per heavy atom. The minimum Gasteiger partial charge on any atom is -0.454 e. The van der Waals surface area contributed by atoms with Crippen LogP contribution in [0.5, 0.6) is 0 Å². The van der Waals surface area contributed by atoms with Crippen LogP contribution in [0.15, 0.2) is 77.3 Å². The summed E-state index contributed by atoms with van der Waals surface area (Å²) in [4.78, 5) is 0. The zero-order valence-electron chi connectivity index (χ0n) is 19.2. The summed E-state index contributed by atoms with van der Waals surface area (Å²) in [6.07, 6.45) is 1.62. The standard InChI is InChI=1S/C26H21FNO/c1-16-9-14-22(28(3)15-16)23-17(2)10-11-19-20-12-13-21(27)24(26(20)29-25(19)23)18-7-5-4-6-8-18/h4-15H,1-3H3/q+1/i1D3. The summed E-state index contributed by atoms with van der Waals surface area (Å²) in [6.45, 7) is -0.197. The van der Waals surface area contributed by atoms with Gasteiger partial charge >= 0.3 is 0 Å². The fourth-order valence-corrected chi connectivity index (χ4v) is 4.04. The second-order valence-electron chi connectivity index (χ2n) is 7.32. The molecular formula is C26H21FNO+. The number of hydrogen-bond donors (Lipinski definition) is 0. The molecule has 142 valence electrons. The van der Waals surface area contributed by atoms with Crippen molar-refractivity contribution < 1.29 is 17.5 Å². The van der Waals surface area contributed by atoms with E-state index in [1.54, 1.807) is 29.0 Å². The van der Waals surface area contributed by atoms with Gasteiger partial charge in [-0.1, -0.05) is 42.5 Å². The zero-order valence-corrected chi connectivity index (χ0v) is 16.2. The van der Waals surface area contributed by atoms with Crippen molar-refractivity contribution >= 4 is 21.9 Å². The van der Waals surface area contributed by atoms with Crippen LogP contribution in [-0.2, 0) is 7.05 Å². The lowest BCUT2D eigenvalue weighted by Gasteiger charge is -2.06. The van der Waals surface area contributed by atoms with Crippen molar-refractivity contribution in [3.05, 3.63) is 89.9 Å². The molecule has 2 nitrogen and oxygen atoms in total. The average molecular weight is 385 g/mol. The first-order chi connectivity index (χ1) is 15.3. The highest BCUT2D eigenvalue weighted by atomic mass is 19.1. The van der Waals surface area contributed by atoms with Crippen molar-refractivity contribution in [2.75, 3.05) is 0 Å². The Balaban J connectivity index is 1.83. The maximum Gasteiger partial charge on any atom is 0.216 e. The van der Waals surface area contributed by atoms with E-state index in [0.29, 0.717) is 16.7 Å². The van der Waals surface area contributed by atoms with Crippen LogP contribution in [0.25, 0.3) is 44.3 Å². The predicted molar refractivity (Wildman–Crippen MR) is 115 cm³/mol. The lowest BCUT2D eigenvalue weighted by atomic mass is 9.98. The quantitative estimate of drug-likeness (QED) is 0.317. The fourth-order valence-electron chi connectivity index (χ4n) is 4.04. The van der Waals surface area contributed by atoms with Crippen LogP contribution in [0.4, 0.5) is 4.39 Å². The molecule has 0 unspecified atom stereocenters. The second kappa shape index (κ2) is 6.56. The maximum absolute atomic E-state index is 14.9. The van der Waals surface area contributed by atoms with Crippen LogP contribution in [0.2, 0.25) is 0 Å². The van der Waals surface area contributed by atoms with Crippen LogP contribution in [0.3, 0.4) is 0 Å². The maximum atomic E-state index is 14.9. The van der Waals surface area contributed by atoms with Gasteiger partial charge in [0.05, 0.1) is 11.1 Å². The van der Waals surface area contributed by atoms with Gasteiger partial charge in [0, 0.05) is 26.5 Å². The van der Waals surface area contributed by atoms with E-state index in [1.807, 2.05) is 56.4 Å². The summed E-state index contributed by atoms with van der Waals surface area (Å²) < 4.78 is 46.2. The molecule has 0 saturated heterocycles. The van der Waals surface area contributed by atoms with Gasteiger partial charge in [-0.25, -0.2) is 8.96 Å². The minimum absolute atomic E-state index is 0.270. The van der Waals surface area contributed by atoms with E-state index in [4.69, 9.17) is 8.53 Å². The molecule has 0 amide bonds. The minimum atomic E-state index is -2.18. The van der Waals surface area contributed by atoms with Crippen LogP contribution in [0, 0.1) is 19.6 Å². The number of hydrogen-bond acceptors (Lipinski definition) is 1. The lowest BCUT2D eigenvalue weighted by molar-refractivity contribution is -0.660. The van der Waals surface area contributed by atoms with Crippen molar-refractivity contribution in [1.29, 1.82) is 0 Å². The molecule has 0 aliphatic carbocycles. The number of fused-ring (bicyclic) bond motifs is 3. The third-order valence-electron chi connectivity index (χ3n) is 5.42. The Hall–Kier alpha value is -3.46. The molecule has 29 heavy (non-hydrogen) atoms. The Labute approximate surface area is 173 Å². The fraction of sp³-hybridized carbons (Fsp3) is 0.115. The summed E-state index contributed by atoms with van der Waals surface area (Å²) in [5.41, 5.74) is 5.27. The average Bonchev–Trinajstić information content (AvgIpc) is 3.12. The van der Waals surface area contributed by atoms with Crippen molar-refractivity contribution in [3.63, 3.8) is 0 Å². The van der Waals surface area contributed by atoms with Crippen LogP contribution in [0.1, 0.15) is 15.2 Å². The molecule has 0 bridgehead atoms. The van der Waals surface area contributed by atoms with Gasteiger partial charge in [0.1, 0.15) is 24.0 Å². The van der Waals surface area contributed by atoms with E-state index in [-0.39, 0.29) is 11.4 Å². The van der Waals surface area contributed by atoms with E-state index in [2.05, 4.69) is 0 Å². The van der Waals surface area contributed by atoms with Crippen molar-refractivity contribution in [2.24, 2.45) is 7.05 Å². The molecule has 0 spiro atoms. The molecule has 0 fully saturated rings. The molecule has 2 aromatic heterocycles. The van der Waals surface area contributed by atoms with Gasteiger partial charge in [-0.2, -0.15) is 0 Å². The molecule has 0 atom stereocenters. The largest absolute Gasteiger partial charge is 0.454 e. The molecule has 0 aliphatic heterocycles. The molecule has 0 aliphatic rings. The number of pyridine rings is 1. The van der Waals surface area contributed by atoms with Gasteiger partial charge in [-0.15, -0.1) is 0 Å². The lowest BCUT2D eigenvalue weighted by Crippen LogP contribution is -2.31. The molecule has 5 rings (SSSR count). The Kier molecular flexibility index (Phi) is 3.28. The number of aromatic nitrogens is 1. The van der Waals surface area contributed by atoms with Crippen molar-refractivity contribution in [1.82, 2.24) is 0 Å². The first-order valence-corrected chi connectivity index (χ1v) is 9.46.